The number of hydrogen-bond acceptors (Lipinski definition) is 14. The first kappa shape index (κ1) is 54.0. The van der Waals surface area contributed by atoms with Crippen LogP contribution in [0.25, 0.3) is 0 Å². The molecule has 2 aromatic carbocycles. The quantitative estimate of drug-likeness (QED) is 0.0966. The molecule has 4 fully saturated rings. The largest absolute Gasteiger partial charge is 1.00 e. The number of piperidine rings is 2. The highest BCUT2D eigenvalue weighted by atomic mass is 79.9. The molecule has 16 nitrogen and oxygen atoms in total. The van der Waals surface area contributed by atoms with Crippen molar-refractivity contribution in [1.29, 1.82) is 0 Å². The predicted octanol–water partition coefficient (Wildman–Crippen LogP) is 0.405. The first-order chi connectivity index (χ1) is 31.6. The van der Waals surface area contributed by atoms with Gasteiger partial charge in [0.25, 0.3) is 0 Å². The van der Waals surface area contributed by atoms with Crippen molar-refractivity contribution in [3.63, 3.8) is 0 Å². The van der Waals surface area contributed by atoms with Crippen molar-refractivity contribution in [3.05, 3.63) is 47.5 Å². The molecule has 370 valence electrons. The summed E-state index contributed by atoms with van der Waals surface area (Å²) < 4.78 is 10.5. The van der Waals surface area contributed by atoms with Gasteiger partial charge in [-0.25, -0.2) is 0 Å². The molecule has 19 heteroatoms. The van der Waals surface area contributed by atoms with Gasteiger partial charge in [0.05, 0.1) is 59.5 Å². The Labute approximate surface area is 425 Å². The van der Waals surface area contributed by atoms with Crippen LogP contribution >= 0.6 is 11.6 Å². The molecule has 0 bridgehead atoms. The average Bonchev–Trinajstić information content (AvgIpc) is 3.75. The molecule has 4 aliphatic rings. The lowest BCUT2D eigenvalue weighted by Crippen LogP contribution is -3.10. The predicted molar refractivity (Wildman–Crippen MR) is 264 cm³/mol. The summed E-state index contributed by atoms with van der Waals surface area (Å²) in [6.45, 7) is 4.71. The number of likely N-dealkylation sites (tertiary alicyclic amines) is 2. The lowest BCUT2D eigenvalue weighted by atomic mass is 10.0. The number of hydrogen-bond donors (Lipinski definition) is 6. The van der Waals surface area contributed by atoms with Crippen molar-refractivity contribution in [3.8, 4) is 11.5 Å². The molecule has 6 N–H and O–H groups in total. The number of ether oxygens (including phenoxy) is 2. The van der Waals surface area contributed by atoms with E-state index < -0.39 is 0 Å². The molecule has 8 rings (SSSR count). The van der Waals surface area contributed by atoms with E-state index in [-0.39, 0.29) is 34.0 Å². The van der Waals surface area contributed by atoms with Crippen LogP contribution in [0, 0.1) is 0 Å². The summed E-state index contributed by atoms with van der Waals surface area (Å²) in [6.07, 6.45) is 19.6. The van der Waals surface area contributed by atoms with E-state index in [1.54, 1.807) is 24.0 Å². The fourth-order valence-electron chi connectivity index (χ4n) is 9.47. The molecule has 4 heterocycles. The van der Waals surface area contributed by atoms with E-state index in [0.717, 1.165) is 61.6 Å². The molecule has 0 spiro atoms. The van der Waals surface area contributed by atoms with Crippen LogP contribution in [-0.4, -0.2) is 123 Å². The van der Waals surface area contributed by atoms with Crippen LogP contribution in [0.15, 0.2) is 42.5 Å². The zero-order chi connectivity index (χ0) is 45.5. The third-order valence-corrected chi connectivity index (χ3v) is 14.0. The van der Waals surface area contributed by atoms with Crippen molar-refractivity contribution in [1.82, 2.24) is 29.9 Å². The SMILES string of the molecule is COc1ccc(Nc2nc(NC3CCCCCC3)nc(N(C)C3CC[NH+](C)CC3)n2)cc1.COc1ccc(Nc2nc(NC3CCCCCC3)nc(N(C)C3CC[NH+](C)CC3)n2)cc1Cl.[Br-].[Br-]. The zero-order valence-corrected chi connectivity index (χ0v) is 44.4. The Morgan fingerprint density at radius 3 is 1.33 bits per heavy atom. The standard InChI is InChI=1S/C24H36ClN7O.C24H37N7O.2BrH/c1-31-14-12-19(13-15-31)32(2)24-29-22(26-17-8-6-4-5-7-9-17)28-23(30-24)27-18-10-11-21(33-3)20(25)16-18;1-30-16-14-20(15-17-30)31(2)24-28-22(25-18-8-6-4-5-7-9-18)27-23(29-24)26-19-10-12-21(32-3)13-11-19;;/h10-11,16-17,19H,4-9,12-15H2,1-3H3,(H2,26,27,28,29,30);10-13,18,20H,4-9,14-17H2,1-3H3,(H2,25,26,27,28,29);2*1H. The fourth-order valence-corrected chi connectivity index (χ4v) is 9.72. The maximum Gasteiger partial charge on any atom is 0.233 e. The normalized spacial score (nSPS) is 21.3. The number of quaternary nitrogens is 2. The lowest BCUT2D eigenvalue weighted by Gasteiger charge is -2.33. The van der Waals surface area contributed by atoms with E-state index in [4.69, 9.17) is 51.0 Å². The minimum Gasteiger partial charge on any atom is -1.00 e. The Balaban J connectivity index is 0.000000244. The van der Waals surface area contributed by atoms with Crippen LogP contribution in [-0.2, 0) is 0 Å². The smallest absolute Gasteiger partial charge is 0.233 e. The summed E-state index contributed by atoms with van der Waals surface area (Å²) in [5.74, 6) is 5.29. The number of nitrogens with zero attached hydrogens (tertiary/aromatic N) is 8. The van der Waals surface area contributed by atoms with Gasteiger partial charge >= 0.3 is 0 Å². The highest BCUT2D eigenvalue weighted by Gasteiger charge is 2.28. The van der Waals surface area contributed by atoms with Crippen molar-refractivity contribution >= 4 is 58.7 Å². The van der Waals surface area contributed by atoms with Gasteiger partial charge in [-0.3, -0.25) is 0 Å². The monoisotopic (exact) mass is 1070 g/mol. The topological polar surface area (TPSA) is 159 Å². The highest BCUT2D eigenvalue weighted by Crippen LogP contribution is 2.30. The molecule has 2 saturated heterocycles. The Morgan fingerprint density at radius 1 is 0.522 bits per heavy atom. The maximum absolute atomic E-state index is 6.33. The summed E-state index contributed by atoms with van der Waals surface area (Å²) in [5.41, 5.74) is 1.73. The molecule has 67 heavy (non-hydrogen) atoms. The Kier molecular flexibility index (Phi) is 22.0. The lowest BCUT2D eigenvalue weighted by molar-refractivity contribution is -0.884. The number of aromatic nitrogens is 6. The summed E-state index contributed by atoms with van der Waals surface area (Å²) in [4.78, 5) is 36.4. The summed E-state index contributed by atoms with van der Waals surface area (Å²) >= 11 is 6.33. The van der Waals surface area contributed by atoms with Crippen molar-refractivity contribution in [2.75, 3.05) is 99.7 Å². The van der Waals surface area contributed by atoms with Crippen LogP contribution in [0.2, 0.25) is 5.02 Å². The second-order valence-electron chi connectivity index (χ2n) is 18.7. The first-order valence-corrected chi connectivity index (χ1v) is 24.6. The van der Waals surface area contributed by atoms with Gasteiger partial charge in [0, 0.05) is 75.3 Å². The van der Waals surface area contributed by atoms with Crippen LogP contribution in [0.1, 0.15) is 103 Å². The number of nitrogens with one attached hydrogen (secondary N) is 6. The highest BCUT2D eigenvalue weighted by molar-refractivity contribution is 6.32. The summed E-state index contributed by atoms with van der Waals surface area (Å²) in [5, 5.41) is 14.4. The van der Waals surface area contributed by atoms with Gasteiger partial charge in [-0.15, -0.1) is 0 Å². The molecule has 2 aliphatic heterocycles. The maximum atomic E-state index is 6.33. The van der Waals surface area contributed by atoms with E-state index >= 15 is 0 Å². The van der Waals surface area contributed by atoms with Crippen LogP contribution in [0.4, 0.5) is 47.1 Å². The number of halogens is 3. The van der Waals surface area contributed by atoms with Crippen LogP contribution < -0.4 is 84.3 Å². The Morgan fingerprint density at radius 2 is 0.925 bits per heavy atom. The van der Waals surface area contributed by atoms with E-state index in [9.17, 15) is 0 Å². The minimum atomic E-state index is 0. The second kappa shape index (κ2) is 27.3. The van der Waals surface area contributed by atoms with Crippen molar-refractivity contribution in [2.24, 2.45) is 0 Å². The summed E-state index contributed by atoms with van der Waals surface area (Å²) in [7, 11) is 12.0. The van der Waals surface area contributed by atoms with Gasteiger partial charge in [-0.2, -0.15) is 29.9 Å². The molecular formula is C48H75Br2ClN14O2. The molecule has 2 saturated carbocycles. The Bertz CT molecular complexity index is 2060. The molecular weight excluding hydrogens is 1000 g/mol. The second-order valence-corrected chi connectivity index (χ2v) is 19.1. The molecule has 2 aliphatic carbocycles. The number of anilines is 8. The van der Waals surface area contributed by atoms with E-state index in [0.29, 0.717) is 64.7 Å². The number of methoxy groups -OCH3 is 2. The third kappa shape index (κ3) is 16.3. The van der Waals surface area contributed by atoms with Gasteiger partial charge in [-0.1, -0.05) is 63.0 Å². The van der Waals surface area contributed by atoms with Gasteiger partial charge in [0.1, 0.15) is 11.5 Å². The number of benzene rings is 2. The van der Waals surface area contributed by atoms with E-state index in [2.05, 4.69) is 59.3 Å². The van der Waals surface area contributed by atoms with E-state index in [1.807, 2.05) is 42.5 Å². The molecule has 0 atom stereocenters. The van der Waals surface area contributed by atoms with Gasteiger partial charge in [0.2, 0.25) is 35.7 Å². The van der Waals surface area contributed by atoms with Crippen LogP contribution in [0.5, 0.6) is 11.5 Å². The summed E-state index contributed by atoms with van der Waals surface area (Å²) in [6, 6.07) is 15.1. The van der Waals surface area contributed by atoms with Gasteiger partial charge < -0.3 is 84.3 Å². The van der Waals surface area contributed by atoms with Crippen molar-refractivity contribution in [2.45, 2.75) is 127 Å². The van der Waals surface area contributed by atoms with E-state index in [1.165, 1.54) is 90.4 Å². The molecule has 0 radical (unpaired) electrons. The first-order valence-electron chi connectivity index (χ1n) is 24.3. The van der Waals surface area contributed by atoms with Gasteiger partial charge in [0.15, 0.2) is 0 Å². The molecule has 2 aromatic heterocycles. The van der Waals surface area contributed by atoms with Gasteiger partial charge in [-0.05, 0) is 68.1 Å². The minimum absolute atomic E-state index is 0. The molecule has 0 unspecified atom stereocenters. The number of rotatable bonds is 14. The van der Waals surface area contributed by atoms with Crippen molar-refractivity contribution < 1.29 is 53.2 Å². The molecule has 0 amide bonds. The molecule has 4 aromatic rings. The fraction of sp³-hybridized carbons (Fsp3) is 0.625. The zero-order valence-electron chi connectivity index (χ0n) is 40.5. The average molecular weight is 1080 g/mol. The Hall–Kier alpha value is -3.97. The third-order valence-electron chi connectivity index (χ3n) is 13.7. The van der Waals surface area contributed by atoms with Crippen LogP contribution in [0.3, 0.4) is 0 Å².